The Morgan fingerprint density at radius 1 is 1.47 bits per heavy atom. The van der Waals surface area contributed by atoms with Crippen LogP contribution in [0.3, 0.4) is 0 Å². The van der Waals surface area contributed by atoms with Gasteiger partial charge in [-0.05, 0) is 6.54 Å². The second kappa shape index (κ2) is 4.40. The lowest BCUT2D eigenvalue weighted by Gasteiger charge is -2.31. The van der Waals surface area contributed by atoms with Crippen molar-refractivity contribution in [2.75, 3.05) is 6.54 Å². The molecule has 15 heavy (non-hydrogen) atoms. The molecular formula is C8H12ClF2N3O. The number of nitrogens with two attached hydrogens (primary N) is 1. The van der Waals surface area contributed by atoms with Gasteiger partial charge in [-0.1, -0.05) is 5.16 Å². The summed E-state index contributed by atoms with van der Waals surface area (Å²) in [6, 6.07) is 0. The van der Waals surface area contributed by atoms with Crippen molar-refractivity contribution in [3.8, 4) is 0 Å². The molecule has 1 aromatic rings. The molecule has 0 atom stereocenters. The minimum Gasteiger partial charge on any atom is -0.339 e. The van der Waals surface area contributed by atoms with Gasteiger partial charge in [0.15, 0.2) is 5.82 Å². The SMILES string of the molecule is Cl.NCCc1noc(C2CC(F)(F)C2)n1. The van der Waals surface area contributed by atoms with Gasteiger partial charge in [-0.25, -0.2) is 8.78 Å². The van der Waals surface area contributed by atoms with Crippen molar-refractivity contribution >= 4 is 12.4 Å². The van der Waals surface area contributed by atoms with E-state index in [0.717, 1.165) is 0 Å². The van der Waals surface area contributed by atoms with E-state index < -0.39 is 5.92 Å². The number of alkyl halides is 2. The van der Waals surface area contributed by atoms with Gasteiger partial charge in [0.25, 0.3) is 0 Å². The Kier molecular flexibility index (Phi) is 3.62. The molecule has 86 valence electrons. The molecule has 1 aromatic heterocycles. The highest BCUT2D eigenvalue weighted by Gasteiger charge is 2.48. The molecule has 0 radical (unpaired) electrons. The molecule has 0 aliphatic heterocycles. The van der Waals surface area contributed by atoms with Crippen molar-refractivity contribution in [3.05, 3.63) is 11.7 Å². The molecule has 2 rings (SSSR count). The molecule has 1 fully saturated rings. The van der Waals surface area contributed by atoms with Crippen LogP contribution in [0.5, 0.6) is 0 Å². The fraction of sp³-hybridized carbons (Fsp3) is 0.750. The Balaban J connectivity index is 0.00000112. The summed E-state index contributed by atoms with van der Waals surface area (Å²) in [5, 5.41) is 3.65. The van der Waals surface area contributed by atoms with Crippen LogP contribution in [0.1, 0.15) is 30.5 Å². The van der Waals surface area contributed by atoms with Crippen LogP contribution in [0.25, 0.3) is 0 Å². The predicted molar refractivity (Wildman–Crippen MR) is 51.2 cm³/mol. The van der Waals surface area contributed by atoms with Crippen LogP contribution in [0.2, 0.25) is 0 Å². The summed E-state index contributed by atoms with van der Waals surface area (Å²) in [7, 11) is 0. The molecule has 1 heterocycles. The summed E-state index contributed by atoms with van der Waals surface area (Å²) in [4.78, 5) is 4.00. The van der Waals surface area contributed by atoms with E-state index in [9.17, 15) is 8.78 Å². The molecule has 0 spiro atoms. The summed E-state index contributed by atoms with van der Waals surface area (Å²) in [5.41, 5.74) is 5.29. The topological polar surface area (TPSA) is 64.9 Å². The Morgan fingerprint density at radius 3 is 2.67 bits per heavy atom. The van der Waals surface area contributed by atoms with Gasteiger partial charge in [-0.15, -0.1) is 12.4 Å². The zero-order chi connectivity index (χ0) is 10.2. The average molecular weight is 240 g/mol. The van der Waals surface area contributed by atoms with E-state index >= 15 is 0 Å². The molecule has 1 saturated carbocycles. The first-order valence-corrected chi connectivity index (χ1v) is 4.51. The lowest BCUT2D eigenvalue weighted by molar-refractivity contribution is -0.0925. The second-order valence-corrected chi connectivity index (χ2v) is 3.55. The number of halogens is 3. The van der Waals surface area contributed by atoms with Crippen LogP contribution in [0.15, 0.2) is 4.52 Å². The van der Waals surface area contributed by atoms with E-state index in [0.29, 0.717) is 24.7 Å². The summed E-state index contributed by atoms with van der Waals surface area (Å²) in [6.07, 6.45) is 0.154. The summed E-state index contributed by atoms with van der Waals surface area (Å²) < 4.78 is 29.9. The number of aromatic nitrogens is 2. The molecule has 2 N–H and O–H groups in total. The number of hydrogen-bond acceptors (Lipinski definition) is 4. The Bertz CT molecular complexity index is 323. The van der Waals surface area contributed by atoms with Crippen molar-refractivity contribution < 1.29 is 13.3 Å². The smallest absolute Gasteiger partial charge is 0.249 e. The summed E-state index contributed by atoms with van der Waals surface area (Å²) >= 11 is 0. The van der Waals surface area contributed by atoms with Crippen LogP contribution >= 0.6 is 12.4 Å². The monoisotopic (exact) mass is 239 g/mol. The molecule has 1 aliphatic rings. The van der Waals surface area contributed by atoms with Gasteiger partial charge < -0.3 is 10.3 Å². The van der Waals surface area contributed by atoms with Crippen LogP contribution in [-0.2, 0) is 6.42 Å². The predicted octanol–water partition coefficient (Wildman–Crippen LogP) is 1.51. The van der Waals surface area contributed by atoms with Gasteiger partial charge in [0.1, 0.15) is 0 Å². The van der Waals surface area contributed by atoms with Crippen LogP contribution in [0.4, 0.5) is 8.78 Å². The van der Waals surface area contributed by atoms with Crippen molar-refractivity contribution in [3.63, 3.8) is 0 Å². The second-order valence-electron chi connectivity index (χ2n) is 3.55. The van der Waals surface area contributed by atoms with E-state index in [1.54, 1.807) is 0 Å². The zero-order valence-corrected chi connectivity index (χ0v) is 8.77. The largest absolute Gasteiger partial charge is 0.339 e. The quantitative estimate of drug-likeness (QED) is 0.868. The van der Waals surface area contributed by atoms with Crippen molar-refractivity contribution in [1.82, 2.24) is 10.1 Å². The van der Waals surface area contributed by atoms with Gasteiger partial charge in [0.05, 0.1) is 0 Å². The maximum Gasteiger partial charge on any atom is 0.249 e. The normalized spacial score (nSPS) is 19.4. The third-order valence-corrected chi connectivity index (χ3v) is 2.29. The molecule has 0 unspecified atom stereocenters. The van der Waals surface area contributed by atoms with E-state index in [4.69, 9.17) is 10.3 Å². The van der Waals surface area contributed by atoms with E-state index in [2.05, 4.69) is 10.1 Å². The Hall–Kier alpha value is -0.750. The molecule has 4 nitrogen and oxygen atoms in total. The molecular weight excluding hydrogens is 228 g/mol. The minimum absolute atomic E-state index is 0. The Morgan fingerprint density at radius 2 is 2.13 bits per heavy atom. The average Bonchev–Trinajstić information content (AvgIpc) is 2.49. The first-order valence-electron chi connectivity index (χ1n) is 4.51. The van der Waals surface area contributed by atoms with Gasteiger partial charge in [-0.3, -0.25) is 0 Å². The van der Waals surface area contributed by atoms with E-state index in [1.165, 1.54) is 0 Å². The standard InChI is InChI=1S/C8H11F2N3O.ClH/c9-8(10)3-5(4-8)7-12-6(1-2-11)13-14-7;/h5H,1-4,11H2;1H. The maximum atomic E-state index is 12.5. The summed E-state index contributed by atoms with van der Waals surface area (Å²) in [5.74, 6) is -2.01. The van der Waals surface area contributed by atoms with E-state index in [1.807, 2.05) is 0 Å². The van der Waals surface area contributed by atoms with Crippen LogP contribution < -0.4 is 5.73 Å². The number of hydrogen-bond donors (Lipinski definition) is 1. The fourth-order valence-electron chi connectivity index (χ4n) is 1.50. The third kappa shape index (κ3) is 2.63. The maximum absolute atomic E-state index is 12.5. The molecule has 0 aromatic carbocycles. The fourth-order valence-corrected chi connectivity index (χ4v) is 1.50. The van der Waals surface area contributed by atoms with E-state index in [-0.39, 0.29) is 31.2 Å². The van der Waals surface area contributed by atoms with Gasteiger partial charge in [0, 0.05) is 25.2 Å². The van der Waals surface area contributed by atoms with Gasteiger partial charge >= 0.3 is 0 Å². The summed E-state index contributed by atoms with van der Waals surface area (Å²) in [6.45, 7) is 0.430. The van der Waals surface area contributed by atoms with Crippen LogP contribution in [0, 0.1) is 0 Å². The first kappa shape index (κ1) is 12.3. The van der Waals surface area contributed by atoms with Crippen LogP contribution in [-0.4, -0.2) is 22.6 Å². The zero-order valence-electron chi connectivity index (χ0n) is 7.95. The van der Waals surface area contributed by atoms with Gasteiger partial charge in [-0.2, -0.15) is 4.98 Å². The molecule has 1 aliphatic carbocycles. The molecule has 7 heteroatoms. The third-order valence-electron chi connectivity index (χ3n) is 2.29. The van der Waals surface area contributed by atoms with Gasteiger partial charge in [0.2, 0.25) is 11.8 Å². The molecule has 0 saturated heterocycles. The lowest BCUT2D eigenvalue weighted by atomic mass is 9.81. The number of nitrogens with zero attached hydrogens (tertiary/aromatic N) is 2. The lowest BCUT2D eigenvalue weighted by Crippen LogP contribution is -2.33. The van der Waals surface area contributed by atoms with Crippen molar-refractivity contribution in [2.24, 2.45) is 5.73 Å². The molecule has 0 bridgehead atoms. The highest BCUT2D eigenvalue weighted by Crippen LogP contribution is 2.47. The van der Waals surface area contributed by atoms with Crippen molar-refractivity contribution in [1.29, 1.82) is 0 Å². The van der Waals surface area contributed by atoms with Crippen molar-refractivity contribution in [2.45, 2.75) is 31.1 Å². The highest BCUT2D eigenvalue weighted by atomic mass is 35.5. The highest BCUT2D eigenvalue weighted by molar-refractivity contribution is 5.85. The molecule has 0 amide bonds. The first-order chi connectivity index (χ1) is 6.61. The minimum atomic E-state index is -2.55. The number of rotatable bonds is 3. The Labute approximate surface area is 91.6 Å².